The second-order valence-electron chi connectivity index (χ2n) is 4.82. The van der Waals surface area contributed by atoms with Crippen LogP contribution in [-0.2, 0) is 4.74 Å². The Morgan fingerprint density at radius 2 is 1.84 bits per heavy atom. The fourth-order valence-corrected chi connectivity index (χ4v) is 3.43. The van der Waals surface area contributed by atoms with Crippen molar-refractivity contribution in [2.24, 2.45) is 0 Å². The Hall–Kier alpha value is -2.23. The lowest BCUT2D eigenvalue weighted by Crippen LogP contribution is -2.06. The predicted molar refractivity (Wildman–Crippen MR) is 99.9 cm³/mol. The molecule has 134 valence electrons. The smallest absolute Gasteiger partial charge is 0.355 e. The molecule has 1 aromatic carbocycles. The molecule has 0 aliphatic heterocycles. The Morgan fingerprint density at radius 1 is 1.16 bits per heavy atom. The number of benzene rings is 1. The van der Waals surface area contributed by atoms with Crippen LogP contribution in [0.2, 0.25) is 0 Å². The number of aldehydes is 1. The summed E-state index contributed by atoms with van der Waals surface area (Å²) >= 11 is 2.00. The molecule has 0 amide bonds. The molecule has 1 aromatic heterocycles. The van der Waals surface area contributed by atoms with Crippen molar-refractivity contribution in [3.8, 4) is 28.4 Å². The number of esters is 1. The van der Waals surface area contributed by atoms with E-state index in [1.165, 1.54) is 21.3 Å². The second kappa shape index (κ2) is 8.24. The molecule has 2 aromatic rings. The van der Waals surface area contributed by atoms with Gasteiger partial charge in [0.05, 0.1) is 37.2 Å². The van der Waals surface area contributed by atoms with Gasteiger partial charge in [-0.3, -0.25) is 4.79 Å². The maximum Gasteiger partial charge on any atom is 0.355 e. The topological polar surface area (TPSA) is 86.9 Å². The minimum atomic E-state index is -0.527. The Morgan fingerprint density at radius 3 is 2.36 bits per heavy atom. The van der Waals surface area contributed by atoms with Crippen molar-refractivity contribution in [1.29, 1.82) is 0 Å². The average Bonchev–Trinajstić information content (AvgIpc) is 2.96. The molecule has 7 nitrogen and oxygen atoms in total. The molecular formula is C17H18INO6. The van der Waals surface area contributed by atoms with Crippen molar-refractivity contribution in [1.82, 2.24) is 4.98 Å². The summed E-state index contributed by atoms with van der Waals surface area (Å²) in [4.78, 5) is 26.5. The third kappa shape index (κ3) is 3.44. The third-order valence-electron chi connectivity index (χ3n) is 3.54. The SMILES string of the molecule is CCOC(=O)c1[nH]c(C=O)c(-c2ccc(OC)c(OC)c2OC)c1I. The van der Waals surface area contributed by atoms with Crippen molar-refractivity contribution in [2.45, 2.75) is 6.92 Å². The first-order valence-corrected chi connectivity index (χ1v) is 8.44. The monoisotopic (exact) mass is 459 g/mol. The zero-order chi connectivity index (χ0) is 18.6. The highest BCUT2D eigenvalue weighted by molar-refractivity contribution is 14.1. The van der Waals surface area contributed by atoms with Crippen LogP contribution in [-0.4, -0.2) is 45.2 Å². The van der Waals surface area contributed by atoms with Crippen molar-refractivity contribution >= 4 is 34.8 Å². The second-order valence-corrected chi connectivity index (χ2v) is 5.90. The Bertz CT molecular complexity index is 799. The molecule has 0 fully saturated rings. The van der Waals surface area contributed by atoms with E-state index in [1.54, 1.807) is 19.1 Å². The summed E-state index contributed by atoms with van der Waals surface area (Å²) in [6, 6.07) is 3.45. The van der Waals surface area contributed by atoms with Crippen LogP contribution >= 0.6 is 22.6 Å². The molecule has 0 spiro atoms. The van der Waals surface area contributed by atoms with Crippen molar-refractivity contribution < 1.29 is 28.5 Å². The van der Waals surface area contributed by atoms with Gasteiger partial charge in [0.1, 0.15) is 5.69 Å². The molecule has 1 heterocycles. The first-order chi connectivity index (χ1) is 12.0. The molecule has 0 aliphatic carbocycles. The summed E-state index contributed by atoms with van der Waals surface area (Å²) in [5.41, 5.74) is 1.60. The van der Waals surface area contributed by atoms with E-state index in [-0.39, 0.29) is 18.0 Å². The van der Waals surface area contributed by atoms with Gasteiger partial charge in [-0.15, -0.1) is 0 Å². The fraction of sp³-hybridized carbons (Fsp3) is 0.294. The van der Waals surface area contributed by atoms with Gasteiger partial charge in [0.25, 0.3) is 0 Å². The lowest BCUT2D eigenvalue weighted by atomic mass is 10.0. The van der Waals surface area contributed by atoms with E-state index >= 15 is 0 Å². The summed E-state index contributed by atoms with van der Waals surface area (Å²) in [6.07, 6.45) is 0.649. The molecule has 0 saturated heterocycles. The van der Waals surface area contributed by atoms with Gasteiger partial charge >= 0.3 is 5.97 Å². The van der Waals surface area contributed by atoms with Gasteiger partial charge in [-0.1, -0.05) is 0 Å². The summed E-state index contributed by atoms with van der Waals surface area (Å²) in [5, 5.41) is 0. The van der Waals surface area contributed by atoms with Gasteiger partial charge in [-0.25, -0.2) is 4.79 Å². The van der Waals surface area contributed by atoms with Crippen LogP contribution in [0.4, 0.5) is 0 Å². The average molecular weight is 459 g/mol. The van der Waals surface area contributed by atoms with E-state index in [4.69, 9.17) is 18.9 Å². The maximum absolute atomic E-state index is 12.1. The highest BCUT2D eigenvalue weighted by Crippen LogP contribution is 2.46. The molecular weight excluding hydrogens is 441 g/mol. The van der Waals surface area contributed by atoms with Crippen LogP contribution < -0.4 is 14.2 Å². The number of aromatic nitrogens is 1. The van der Waals surface area contributed by atoms with Crippen LogP contribution in [0.5, 0.6) is 17.2 Å². The molecule has 0 aliphatic rings. The molecule has 0 radical (unpaired) electrons. The zero-order valence-corrected chi connectivity index (χ0v) is 16.4. The highest BCUT2D eigenvalue weighted by atomic mass is 127. The van der Waals surface area contributed by atoms with E-state index < -0.39 is 5.97 Å². The van der Waals surface area contributed by atoms with Crippen molar-refractivity contribution in [3.05, 3.63) is 27.1 Å². The number of carbonyl (C=O) groups is 2. The standard InChI is InChI=1S/C17H18INO6/c1-5-25-17(21)14-13(18)12(10(8-20)19-14)9-6-7-11(22-2)16(24-4)15(9)23-3/h6-8,19H,5H2,1-4H3. The largest absolute Gasteiger partial charge is 0.493 e. The van der Waals surface area contributed by atoms with Crippen LogP contribution in [0, 0.1) is 3.57 Å². The summed E-state index contributed by atoms with van der Waals surface area (Å²) < 4.78 is 21.7. The van der Waals surface area contributed by atoms with Gasteiger partial charge < -0.3 is 23.9 Å². The number of nitrogens with one attached hydrogen (secondary N) is 1. The van der Waals surface area contributed by atoms with Gasteiger partial charge in [-0.05, 0) is 41.6 Å². The summed E-state index contributed by atoms with van der Waals surface area (Å²) in [5.74, 6) is 0.763. The Kier molecular flexibility index (Phi) is 6.29. The van der Waals surface area contributed by atoms with Crippen LogP contribution in [0.1, 0.15) is 27.9 Å². The van der Waals surface area contributed by atoms with Gasteiger partial charge in [0, 0.05) is 11.1 Å². The number of methoxy groups -OCH3 is 3. The number of ether oxygens (including phenoxy) is 4. The number of aromatic amines is 1. The Balaban J connectivity index is 2.74. The first kappa shape index (κ1) is 19.1. The lowest BCUT2D eigenvalue weighted by molar-refractivity contribution is 0.0519. The quantitative estimate of drug-likeness (QED) is 0.389. The van der Waals surface area contributed by atoms with Gasteiger partial charge in [-0.2, -0.15) is 0 Å². The number of H-pyrrole nitrogens is 1. The van der Waals surface area contributed by atoms with Crippen molar-refractivity contribution in [3.63, 3.8) is 0 Å². The normalized spacial score (nSPS) is 10.3. The molecule has 0 atom stereocenters. The maximum atomic E-state index is 12.1. The van der Waals surface area contributed by atoms with Gasteiger partial charge in [0.15, 0.2) is 17.8 Å². The first-order valence-electron chi connectivity index (χ1n) is 7.37. The minimum Gasteiger partial charge on any atom is -0.493 e. The summed E-state index contributed by atoms with van der Waals surface area (Å²) in [7, 11) is 4.51. The number of hydrogen-bond donors (Lipinski definition) is 1. The molecule has 8 heteroatoms. The van der Waals surface area contributed by atoms with E-state index in [0.29, 0.717) is 38.2 Å². The van der Waals surface area contributed by atoms with E-state index in [1.807, 2.05) is 22.6 Å². The molecule has 0 bridgehead atoms. The third-order valence-corrected chi connectivity index (χ3v) is 4.62. The molecule has 25 heavy (non-hydrogen) atoms. The van der Waals surface area contributed by atoms with Crippen molar-refractivity contribution in [2.75, 3.05) is 27.9 Å². The van der Waals surface area contributed by atoms with E-state index in [9.17, 15) is 9.59 Å². The molecule has 0 unspecified atom stereocenters. The Labute approximate surface area is 158 Å². The predicted octanol–water partition coefficient (Wildman–Crippen LogP) is 3.30. The number of rotatable bonds is 7. The number of hydrogen-bond acceptors (Lipinski definition) is 6. The molecule has 2 rings (SSSR count). The van der Waals surface area contributed by atoms with Gasteiger partial charge in [0.2, 0.25) is 5.75 Å². The van der Waals surface area contributed by atoms with Crippen LogP contribution in [0.3, 0.4) is 0 Å². The lowest BCUT2D eigenvalue weighted by Gasteiger charge is -2.16. The highest BCUT2D eigenvalue weighted by Gasteiger charge is 2.26. The van der Waals surface area contributed by atoms with Crippen LogP contribution in [0.15, 0.2) is 12.1 Å². The summed E-state index contributed by atoms with van der Waals surface area (Å²) in [6.45, 7) is 1.95. The molecule has 0 saturated carbocycles. The zero-order valence-electron chi connectivity index (χ0n) is 14.3. The molecule has 1 N–H and O–H groups in total. The number of carbonyl (C=O) groups excluding carboxylic acids is 2. The van der Waals surface area contributed by atoms with E-state index in [0.717, 1.165) is 0 Å². The van der Waals surface area contributed by atoms with Crippen LogP contribution in [0.25, 0.3) is 11.1 Å². The number of halogens is 1. The fourth-order valence-electron chi connectivity index (χ4n) is 2.49. The minimum absolute atomic E-state index is 0.219. The van der Waals surface area contributed by atoms with E-state index in [2.05, 4.69) is 4.98 Å².